The van der Waals surface area contributed by atoms with E-state index in [2.05, 4.69) is 84.0 Å². The Kier molecular flexibility index (Phi) is 5.62. The lowest BCUT2D eigenvalue weighted by Gasteiger charge is -2.22. The molecule has 3 nitrogen and oxygen atoms in total. The smallest absolute Gasteiger partial charge is 0.190 e. The maximum atomic E-state index is 4.88. The van der Waals surface area contributed by atoms with Crippen molar-refractivity contribution in [3.05, 3.63) is 77.3 Å². The van der Waals surface area contributed by atoms with Crippen molar-refractivity contribution < 1.29 is 0 Å². The van der Waals surface area contributed by atoms with Crippen LogP contribution in [0, 0.1) is 0 Å². The van der Waals surface area contributed by atoms with E-state index in [1.165, 1.54) is 11.3 Å². The maximum Gasteiger partial charge on any atom is 0.190 e. The SMILES string of the molecule is CCNC(C)c1csc(N(Cc2ccccc2)c2ccccc2)n1. The Morgan fingerprint density at radius 2 is 1.71 bits per heavy atom. The zero-order valence-corrected chi connectivity index (χ0v) is 15.0. The molecule has 0 fully saturated rings. The summed E-state index contributed by atoms with van der Waals surface area (Å²) in [5.74, 6) is 0. The molecule has 0 spiro atoms. The van der Waals surface area contributed by atoms with Crippen LogP contribution in [0.4, 0.5) is 10.8 Å². The van der Waals surface area contributed by atoms with Crippen LogP contribution in [0.2, 0.25) is 0 Å². The monoisotopic (exact) mass is 337 g/mol. The molecule has 2 aromatic carbocycles. The molecule has 0 aliphatic rings. The molecule has 1 aromatic heterocycles. The largest absolute Gasteiger partial charge is 0.313 e. The summed E-state index contributed by atoms with van der Waals surface area (Å²) in [6.45, 7) is 6.04. The molecule has 1 N–H and O–H groups in total. The van der Waals surface area contributed by atoms with Gasteiger partial charge in [-0.15, -0.1) is 11.3 Å². The van der Waals surface area contributed by atoms with Crippen LogP contribution in [0.1, 0.15) is 31.1 Å². The molecule has 0 aliphatic carbocycles. The summed E-state index contributed by atoms with van der Waals surface area (Å²) >= 11 is 1.70. The molecule has 1 atom stereocenters. The molecule has 4 heteroatoms. The number of hydrogen-bond donors (Lipinski definition) is 1. The summed E-state index contributed by atoms with van der Waals surface area (Å²) in [5, 5.41) is 6.62. The Morgan fingerprint density at radius 3 is 2.38 bits per heavy atom. The van der Waals surface area contributed by atoms with Gasteiger partial charge in [-0.05, 0) is 31.2 Å². The first-order valence-electron chi connectivity index (χ1n) is 8.33. The predicted molar refractivity (Wildman–Crippen MR) is 103 cm³/mol. The minimum atomic E-state index is 0.273. The molecule has 3 rings (SSSR count). The van der Waals surface area contributed by atoms with Gasteiger partial charge in [0, 0.05) is 17.1 Å². The number of benzene rings is 2. The van der Waals surface area contributed by atoms with E-state index in [4.69, 9.17) is 4.98 Å². The van der Waals surface area contributed by atoms with E-state index in [0.717, 1.165) is 23.9 Å². The Hall–Kier alpha value is -2.17. The van der Waals surface area contributed by atoms with Crippen molar-refractivity contribution in [3.63, 3.8) is 0 Å². The van der Waals surface area contributed by atoms with Gasteiger partial charge in [-0.25, -0.2) is 4.98 Å². The van der Waals surface area contributed by atoms with Crippen molar-refractivity contribution in [1.82, 2.24) is 10.3 Å². The van der Waals surface area contributed by atoms with Gasteiger partial charge in [0.1, 0.15) is 0 Å². The van der Waals surface area contributed by atoms with Gasteiger partial charge >= 0.3 is 0 Å². The van der Waals surface area contributed by atoms with Crippen molar-refractivity contribution in [2.75, 3.05) is 11.4 Å². The number of nitrogens with one attached hydrogen (secondary N) is 1. The average Bonchev–Trinajstić information content (AvgIpc) is 3.11. The van der Waals surface area contributed by atoms with Gasteiger partial charge < -0.3 is 10.2 Å². The van der Waals surface area contributed by atoms with Crippen molar-refractivity contribution in [3.8, 4) is 0 Å². The molecular formula is C20H23N3S. The highest BCUT2D eigenvalue weighted by Crippen LogP contribution is 2.31. The third-order valence-corrected chi connectivity index (χ3v) is 4.83. The first-order chi connectivity index (χ1) is 11.8. The molecule has 0 saturated carbocycles. The Bertz CT molecular complexity index is 740. The minimum Gasteiger partial charge on any atom is -0.313 e. The number of hydrogen-bond acceptors (Lipinski definition) is 4. The first-order valence-corrected chi connectivity index (χ1v) is 9.21. The van der Waals surface area contributed by atoms with Crippen LogP contribution in [0.15, 0.2) is 66.0 Å². The molecule has 24 heavy (non-hydrogen) atoms. The zero-order chi connectivity index (χ0) is 16.8. The van der Waals surface area contributed by atoms with Gasteiger partial charge in [0.25, 0.3) is 0 Å². The van der Waals surface area contributed by atoms with E-state index < -0.39 is 0 Å². The molecule has 0 bridgehead atoms. The number of aromatic nitrogens is 1. The van der Waals surface area contributed by atoms with Gasteiger partial charge in [-0.3, -0.25) is 0 Å². The molecule has 1 heterocycles. The zero-order valence-electron chi connectivity index (χ0n) is 14.1. The van der Waals surface area contributed by atoms with Crippen molar-refractivity contribution in [1.29, 1.82) is 0 Å². The molecule has 0 aliphatic heterocycles. The number of para-hydroxylation sites is 1. The molecular weight excluding hydrogens is 314 g/mol. The summed E-state index contributed by atoms with van der Waals surface area (Å²) < 4.78 is 0. The quantitative estimate of drug-likeness (QED) is 0.646. The van der Waals surface area contributed by atoms with Crippen LogP contribution in [-0.2, 0) is 6.54 Å². The Morgan fingerprint density at radius 1 is 1.04 bits per heavy atom. The number of nitrogens with zero attached hydrogens (tertiary/aromatic N) is 2. The second-order valence-electron chi connectivity index (χ2n) is 5.74. The molecule has 1 unspecified atom stereocenters. The van der Waals surface area contributed by atoms with Crippen molar-refractivity contribution in [2.45, 2.75) is 26.4 Å². The number of thiazole rings is 1. The molecule has 0 saturated heterocycles. The molecule has 124 valence electrons. The summed E-state index contributed by atoms with van der Waals surface area (Å²) in [4.78, 5) is 7.16. The van der Waals surface area contributed by atoms with Crippen LogP contribution in [-0.4, -0.2) is 11.5 Å². The van der Waals surface area contributed by atoms with E-state index in [9.17, 15) is 0 Å². The van der Waals surface area contributed by atoms with Crippen LogP contribution in [0.5, 0.6) is 0 Å². The highest BCUT2D eigenvalue weighted by Gasteiger charge is 2.16. The van der Waals surface area contributed by atoms with Crippen molar-refractivity contribution >= 4 is 22.2 Å². The van der Waals surface area contributed by atoms with E-state index >= 15 is 0 Å². The van der Waals surface area contributed by atoms with Gasteiger partial charge in [-0.1, -0.05) is 55.5 Å². The lowest BCUT2D eigenvalue weighted by Crippen LogP contribution is -2.19. The maximum absolute atomic E-state index is 4.88. The van der Waals surface area contributed by atoms with E-state index in [1.807, 2.05) is 6.07 Å². The summed E-state index contributed by atoms with van der Waals surface area (Å²) in [7, 11) is 0. The molecule has 3 aromatic rings. The topological polar surface area (TPSA) is 28.2 Å². The van der Waals surface area contributed by atoms with Crippen LogP contribution in [0.3, 0.4) is 0 Å². The summed E-state index contributed by atoms with van der Waals surface area (Å²) in [5.41, 5.74) is 3.54. The predicted octanol–water partition coefficient (Wildman–Crippen LogP) is 5.15. The third kappa shape index (κ3) is 4.02. The van der Waals surface area contributed by atoms with Gasteiger partial charge in [0.05, 0.1) is 12.2 Å². The first kappa shape index (κ1) is 16.7. The lowest BCUT2D eigenvalue weighted by atomic mass is 10.2. The molecule has 0 amide bonds. The second-order valence-corrected chi connectivity index (χ2v) is 6.58. The van der Waals surface area contributed by atoms with E-state index in [0.29, 0.717) is 0 Å². The number of anilines is 2. The second kappa shape index (κ2) is 8.08. The highest BCUT2D eigenvalue weighted by atomic mass is 32.1. The summed E-state index contributed by atoms with van der Waals surface area (Å²) in [6, 6.07) is 21.3. The fraction of sp³-hybridized carbons (Fsp3) is 0.250. The van der Waals surface area contributed by atoms with Crippen LogP contribution >= 0.6 is 11.3 Å². The average molecular weight is 337 g/mol. The Balaban J connectivity index is 1.90. The van der Waals surface area contributed by atoms with E-state index in [-0.39, 0.29) is 6.04 Å². The number of rotatable bonds is 7. The van der Waals surface area contributed by atoms with Crippen LogP contribution in [0.25, 0.3) is 0 Å². The fourth-order valence-corrected chi connectivity index (χ4v) is 3.59. The van der Waals surface area contributed by atoms with Gasteiger partial charge in [-0.2, -0.15) is 0 Å². The highest BCUT2D eigenvalue weighted by molar-refractivity contribution is 7.13. The van der Waals surface area contributed by atoms with Crippen molar-refractivity contribution in [2.24, 2.45) is 0 Å². The van der Waals surface area contributed by atoms with Crippen LogP contribution < -0.4 is 10.2 Å². The minimum absolute atomic E-state index is 0.273. The third-order valence-electron chi connectivity index (χ3n) is 3.95. The lowest BCUT2D eigenvalue weighted by molar-refractivity contribution is 0.586. The standard InChI is InChI=1S/C20H23N3S/c1-3-21-16(2)19-15-24-20(22-19)23(18-12-8-5-9-13-18)14-17-10-6-4-7-11-17/h4-13,15-16,21H,3,14H2,1-2H3. The molecule has 0 radical (unpaired) electrons. The van der Waals surface area contributed by atoms with E-state index in [1.54, 1.807) is 11.3 Å². The normalized spacial score (nSPS) is 12.1. The fourth-order valence-electron chi connectivity index (χ4n) is 2.65. The van der Waals surface area contributed by atoms with Gasteiger partial charge in [0.2, 0.25) is 0 Å². The Labute approximate surface area is 148 Å². The summed E-state index contributed by atoms with van der Waals surface area (Å²) in [6.07, 6.45) is 0. The van der Waals surface area contributed by atoms with Gasteiger partial charge in [0.15, 0.2) is 5.13 Å².